The van der Waals surface area contributed by atoms with E-state index in [4.69, 9.17) is 27.9 Å². The van der Waals surface area contributed by atoms with Crippen molar-refractivity contribution in [3.8, 4) is 5.75 Å². The van der Waals surface area contributed by atoms with Gasteiger partial charge in [-0.3, -0.25) is 0 Å². The molecule has 0 saturated heterocycles. The number of hydrogen-bond acceptors (Lipinski definition) is 3. The van der Waals surface area contributed by atoms with Crippen LogP contribution in [0.3, 0.4) is 0 Å². The van der Waals surface area contributed by atoms with Gasteiger partial charge in [0.15, 0.2) is 0 Å². The Hall–Kier alpha value is -2.82. The van der Waals surface area contributed by atoms with Crippen molar-refractivity contribution in [2.24, 2.45) is 0 Å². The fourth-order valence-corrected chi connectivity index (χ4v) is 5.39. The molecule has 4 aromatic carbocycles. The van der Waals surface area contributed by atoms with Gasteiger partial charge in [-0.1, -0.05) is 89.9 Å². The van der Waals surface area contributed by atoms with Gasteiger partial charge in [-0.2, -0.15) is 0 Å². The SMILES string of the molecule is COc1ccc(C2(O)c3cccc(Cl)c3C(O)(c3ccccc3)c3cccc(Cl)c32)cc1. The maximum atomic E-state index is 12.4. The fraction of sp³-hybridized carbons (Fsp3) is 0.111. The minimum absolute atomic E-state index is 0.348. The van der Waals surface area contributed by atoms with Crippen LogP contribution in [-0.2, 0) is 11.2 Å². The highest BCUT2D eigenvalue weighted by atomic mass is 35.5. The van der Waals surface area contributed by atoms with Crippen molar-refractivity contribution >= 4 is 23.2 Å². The lowest BCUT2D eigenvalue weighted by atomic mass is 9.63. The molecule has 2 N–H and O–H groups in total. The van der Waals surface area contributed by atoms with Crippen LogP contribution < -0.4 is 4.74 Å². The molecule has 0 bridgehead atoms. The molecule has 3 nitrogen and oxygen atoms in total. The van der Waals surface area contributed by atoms with Gasteiger partial charge < -0.3 is 14.9 Å². The summed E-state index contributed by atoms with van der Waals surface area (Å²) < 4.78 is 5.29. The second-order valence-corrected chi connectivity index (χ2v) is 8.65. The van der Waals surface area contributed by atoms with E-state index in [2.05, 4.69) is 0 Å². The molecule has 2 atom stereocenters. The molecule has 2 unspecified atom stereocenters. The van der Waals surface area contributed by atoms with Gasteiger partial charge in [0.05, 0.1) is 7.11 Å². The topological polar surface area (TPSA) is 49.7 Å². The molecule has 0 spiro atoms. The molecule has 0 amide bonds. The van der Waals surface area contributed by atoms with Crippen molar-refractivity contribution in [3.63, 3.8) is 0 Å². The summed E-state index contributed by atoms with van der Waals surface area (Å²) >= 11 is 13.4. The van der Waals surface area contributed by atoms with E-state index in [0.29, 0.717) is 49.2 Å². The van der Waals surface area contributed by atoms with Gasteiger partial charge in [-0.15, -0.1) is 0 Å². The number of fused-ring (bicyclic) bond motifs is 2. The molecule has 1 aliphatic carbocycles. The van der Waals surface area contributed by atoms with Gasteiger partial charge in [0.2, 0.25) is 0 Å². The van der Waals surface area contributed by atoms with Crippen LogP contribution in [0.4, 0.5) is 0 Å². The summed E-state index contributed by atoms with van der Waals surface area (Å²) in [6.45, 7) is 0. The van der Waals surface area contributed by atoms with Crippen LogP contribution in [0.25, 0.3) is 0 Å². The molecule has 5 rings (SSSR count). The van der Waals surface area contributed by atoms with Gasteiger partial charge in [-0.25, -0.2) is 0 Å². The minimum atomic E-state index is -1.64. The van der Waals surface area contributed by atoms with Crippen molar-refractivity contribution < 1.29 is 14.9 Å². The molecule has 0 aromatic heterocycles. The molecule has 32 heavy (non-hydrogen) atoms. The quantitative estimate of drug-likeness (QED) is 0.399. The summed E-state index contributed by atoms with van der Waals surface area (Å²) in [5, 5.41) is 25.4. The molecule has 0 aliphatic heterocycles. The third kappa shape index (κ3) is 2.83. The van der Waals surface area contributed by atoms with Gasteiger partial charge >= 0.3 is 0 Å². The zero-order valence-corrected chi connectivity index (χ0v) is 18.7. The van der Waals surface area contributed by atoms with E-state index in [1.807, 2.05) is 30.3 Å². The first-order valence-corrected chi connectivity index (χ1v) is 10.9. The summed E-state index contributed by atoms with van der Waals surface area (Å²) in [5.74, 6) is 0.666. The Balaban J connectivity index is 1.93. The van der Waals surface area contributed by atoms with Crippen LogP contribution in [0.15, 0.2) is 91.0 Å². The van der Waals surface area contributed by atoms with Crippen molar-refractivity contribution in [3.05, 3.63) is 134 Å². The molecule has 0 saturated carbocycles. The Morgan fingerprint density at radius 1 is 0.594 bits per heavy atom. The van der Waals surface area contributed by atoms with Crippen LogP contribution in [0.1, 0.15) is 33.4 Å². The summed E-state index contributed by atoms with van der Waals surface area (Å²) in [6.07, 6.45) is 0. The van der Waals surface area contributed by atoms with Crippen molar-refractivity contribution in [1.82, 2.24) is 0 Å². The van der Waals surface area contributed by atoms with E-state index in [1.54, 1.807) is 67.8 Å². The zero-order chi connectivity index (χ0) is 22.5. The van der Waals surface area contributed by atoms with E-state index in [0.717, 1.165) is 0 Å². The average molecular weight is 463 g/mol. The number of rotatable bonds is 3. The Labute approximate surface area is 196 Å². The van der Waals surface area contributed by atoms with E-state index in [-0.39, 0.29) is 0 Å². The molecular weight excluding hydrogens is 443 g/mol. The summed E-state index contributed by atoms with van der Waals surface area (Å²) in [5.41, 5.74) is -0.207. The monoisotopic (exact) mass is 462 g/mol. The summed E-state index contributed by atoms with van der Waals surface area (Å²) in [7, 11) is 1.59. The second kappa shape index (κ2) is 7.65. The zero-order valence-electron chi connectivity index (χ0n) is 17.2. The van der Waals surface area contributed by atoms with Crippen molar-refractivity contribution in [2.75, 3.05) is 7.11 Å². The molecular formula is C27H20Cl2O3. The smallest absolute Gasteiger partial charge is 0.142 e. The van der Waals surface area contributed by atoms with Gasteiger partial charge in [-0.05, 0) is 35.4 Å². The number of aliphatic hydroxyl groups is 2. The normalized spacial score (nSPS) is 21.5. The van der Waals surface area contributed by atoms with Crippen molar-refractivity contribution in [1.29, 1.82) is 0 Å². The molecule has 0 radical (unpaired) electrons. The van der Waals surface area contributed by atoms with E-state index in [9.17, 15) is 10.2 Å². The minimum Gasteiger partial charge on any atom is -0.497 e. The molecule has 4 aromatic rings. The maximum Gasteiger partial charge on any atom is 0.142 e. The van der Waals surface area contributed by atoms with E-state index >= 15 is 0 Å². The van der Waals surface area contributed by atoms with Gasteiger partial charge in [0.1, 0.15) is 17.0 Å². The third-order valence-electron chi connectivity index (χ3n) is 6.23. The first kappa shape index (κ1) is 21.0. The molecule has 0 heterocycles. The number of methoxy groups -OCH3 is 1. The van der Waals surface area contributed by atoms with E-state index in [1.165, 1.54) is 0 Å². The standard InChI is InChI=1S/C27H20Cl2O3/c1-32-19-15-13-18(14-16-19)27(31)21-10-6-11-22(28)24(21)26(30,17-7-3-2-4-8-17)20-9-5-12-23(29)25(20)27/h2-16,30-31H,1H3. The fourth-order valence-electron chi connectivity index (χ4n) is 4.77. The van der Waals surface area contributed by atoms with Gasteiger partial charge in [0.25, 0.3) is 0 Å². The molecule has 1 aliphatic rings. The number of hydrogen-bond donors (Lipinski definition) is 2. The third-order valence-corrected chi connectivity index (χ3v) is 6.86. The Kier molecular flexibility index (Phi) is 5.03. The Morgan fingerprint density at radius 2 is 1.06 bits per heavy atom. The van der Waals surface area contributed by atoms with Crippen LogP contribution in [0.2, 0.25) is 10.0 Å². The Bertz CT molecular complexity index is 1300. The first-order chi connectivity index (χ1) is 15.4. The highest BCUT2D eigenvalue weighted by molar-refractivity contribution is 6.32. The van der Waals surface area contributed by atoms with Gasteiger partial charge in [0, 0.05) is 32.3 Å². The molecule has 0 fully saturated rings. The average Bonchev–Trinajstić information content (AvgIpc) is 2.83. The Morgan fingerprint density at radius 3 is 1.53 bits per heavy atom. The lowest BCUT2D eigenvalue weighted by Gasteiger charge is -2.46. The number of ether oxygens (including phenoxy) is 1. The first-order valence-electron chi connectivity index (χ1n) is 10.2. The summed E-state index contributed by atoms with van der Waals surface area (Å²) in [4.78, 5) is 0. The molecule has 5 heteroatoms. The number of benzene rings is 4. The summed E-state index contributed by atoms with van der Waals surface area (Å²) in [6, 6.07) is 27.0. The van der Waals surface area contributed by atoms with Crippen molar-refractivity contribution in [2.45, 2.75) is 11.2 Å². The van der Waals surface area contributed by atoms with Crippen LogP contribution in [0, 0.1) is 0 Å². The number of halogens is 2. The maximum absolute atomic E-state index is 12.4. The largest absolute Gasteiger partial charge is 0.497 e. The predicted octanol–water partition coefficient (Wildman–Crippen LogP) is 5.88. The highest BCUT2D eigenvalue weighted by Gasteiger charge is 2.52. The molecule has 160 valence electrons. The van der Waals surface area contributed by atoms with Crippen LogP contribution in [0.5, 0.6) is 5.75 Å². The van der Waals surface area contributed by atoms with Crippen LogP contribution in [-0.4, -0.2) is 17.3 Å². The lowest BCUT2D eigenvalue weighted by molar-refractivity contribution is 0.0749. The van der Waals surface area contributed by atoms with E-state index < -0.39 is 11.2 Å². The second-order valence-electron chi connectivity index (χ2n) is 7.84. The highest BCUT2D eigenvalue weighted by Crippen LogP contribution is 2.56. The van der Waals surface area contributed by atoms with Crippen LogP contribution >= 0.6 is 23.2 Å². The lowest BCUT2D eigenvalue weighted by Crippen LogP contribution is -2.44. The predicted molar refractivity (Wildman–Crippen MR) is 127 cm³/mol.